The molecule has 0 amide bonds. The van der Waals surface area contributed by atoms with Crippen molar-refractivity contribution in [1.29, 1.82) is 5.26 Å². The largest absolute Gasteiger partial charge is 0.444 e. The number of hydrogen-bond acceptors (Lipinski definition) is 8. The van der Waals surface area contributed by atoms with Crippen LogP contribution >= 0.6 is 0 Å². The Hall–Kier alpha value is -3.38. The summed E-state index contributed by atoms with van der Waals surface area (Å²) in [4.78, 5) is 25.9. The molecule has 0 spiro atoms. The number of hydrogen-bond donors (Lipinski definition) is 1. The van der Waals surface area contributed by atoms with Crippen LogP contribution in [0.25, 0.3) is 0 Å². The van der Waals surface area contributed by atoms with Gasteiger partial charge < -0.3 is 20.1 Å². The summed E-state index contributed by atoms with van der Waals surface area (Å²) in [5, 5.41) is 21.5. The summed E-state index contributed by atoms with van der Waals surface area (Å²) in [5.74, 6) is -0.459. The van der Waals surface area contributed by atoms with Crippen LogP contribution in [0.3, 0.4) is 0 Å². The maximum atomic E-state index is 12.6. The Morgan fingerprint density at radius 3 is 2.72 bits per heavy atom. The van der Waals surface area contributed by atoms with Crippen LogP contribution in [-0.4, -0.2) is 37.0 Å². The molecule has 0 unspecified atom stereocenters. The predicted octanol–water partition coefficient (Wildman–Crippen LogP) is 2.25. The van der Waals surface area contributed by atoms with Gasteiger partial charge in [0.2, 0.25) is 5.88 Å². The molecule has 9 heteroatoms. The lowest BCUT2D eigenvalue weighted by Gasteiger charge is -2.32. The lowest BCUT2D eigenvalue weighted by molar-refractivity contribution is -0.384. The summed E-state index contributed by atoms with van der Waals surface area (Å²) in [6, 6.07) is 6.87. The van der Waals surface area contributed by atoms with Crippen molar-refractivity contribution in [1.82, 2.24) is 0 Å². The van der Waals surface area contributed by atoms with Crippen LogP contribution in [0.5, 0.6) is 0 Å². The second kappa shape index (κ2) is 7.56. The van der Waals surface area contributed by atoms with Crippen LogP contribution in [0.4, 0.5) is 11.4 Å². The van der Waals surface area contributed by atoms with Crippen LogP contribution in [0, 0.1) is 21.4 Å². The molecule has 1 aromatic carbocycles. The zero-order valence-electron chi connectivity index (χ0n) is 15.7. The van der Waals surface area contributed by atoms with Gasteiger partial charge in [-0.2, -0.15) is 5.26 Å². The molecule has 0 saturated carbocycles. The number of nitro groups is 1. The third kappa shape index (κ3) is 3.32. The number of rotatable bonds is 3. The molecule has 0 aromatic heterocycles. The van der Waals surface area contributed by atoms with Gasteiger partial charge in [0.1, 0.15) is 23.1 Å². The van der Waals surface area contributed by atoms with Gasteiger partial charge in [-0.15, -0.1) is 0 Å². The van der Waals surface area contributed by atoms with Crippen LogP contribution < -0.4 is 10.6 Å². The molecular weight excluding hydrogens is 376 g/mol. The summed E-state index contributed by atoms with van der Waals surface area (Å²) in [6.45, 7) is 2.12. The van der Waals surface area contributed by atoms with Crippen molar-refractivity contribution in [3.8, 4) is 6.07 Å². The highest BCUT2D eigenvalue weighted by molar-refractivity contribution is 5.99. The number of carbonyl (C=O) groups is 1. The molecule has 1 aromatic rings. The number of morpholine rings is 1. The van der Waals surface area contributed by atoms with Crippen molar-refractivity contribution in [3.63, 3.8) is 0 Å². The van der Waals surface area contributed by atoms with Gasteiger partial charge in [0.25, 0.3) is 5.69 Å². The Labute approximate surface area is 167 Å². The highest BCUT2D eigenvalue weighted by Gasteiger charge is 2.39. The van der Waals surface area contributed by atoms with Crippen molar-refractivity contribution >= 4 is 17.2 Å². The Morgan fingerprint density at radius 2 is 2.03 bits per heavy atom. The first-order chi connectivity index (χ1) is 14.0. The van der Waals surface area contributed by atoms with E-state index in [1.54, 1.807) is 12.1 Å². The Kier molecular flexibility index (Phi) is 4.94. The van der Waals surface area contributed by atoms with E-state index in [2.05, 4.69) is 0 Å². The standard InChI is InChI=1S/C20H20N4O5/c21-11-13-18(19-16(25)2-1-3-17(19)29-20(13)22)12-4-5-14(15(10-12)24(26)27)23-6-8-28-9-7-23/h4-5,10,18H,1-3,6-9,22H2/t18-/m0/s1. The quantitative estimate of drug-likeness (QED) is 0.608. The van der Waals surface area contributed by atoms with Gasteiger partial charge in [0.15, 0.2) is 5.78 Å². The summed E-state index contributed by atoms with van der Waals surface area (Å²) in [7, 11) is 0. The minimum Gasteiger partial charge on any atom is -0.444 e. The second-order valence-corrected chi connectivity index (χ2v) is 7.14. The average molecular weight is 396 g/mol. The van der Waals surface area contributed by atoms with E-state index in [9.17, 15) is 20.2 Å². The molecule has 150 valence electrons. The lowest BCUT2D eigenvalue weighted by atomic mass is 9.77. The molecular formula is C20H20N4O5. The number of allylic oxidation sites excluding steroid dienone is 3. The number of nitrogens with zero attached hydrogens (tertiary/aromatic N) is 3. The van der Waals surface area contributed by atoms with Gasteiger partial charge >= 0.3 is 0 Å². The van der Waals surface area contributed by atoms with E-state index in [1.807, 2.05) is 11.0 Å². The molecule has 0 radical (unpaired) electrons. The topological polar surface area (TPSA) is 132 Å². The number of nitrogens with two attached hydrogens (primary N) is 1. The first-order valence-corrected chi connectivity index (χ1v) is 9.46. The number of Topliss-reactive ketones (excluding diaryl/α,β-unsaturated/α-hetero) is 1. The Balaban J connectivity index is 1.83. The first kappa shape index (κ1) is 19.0. The Bertz CT molecular complexity index is 985. The van der Waals surface area contributed by atoms with Crippen LogP contribution in [0.15, 0.2) is 41.0 Å². The number of ether oxygens (including phenoxy) is 2. The Morgan fingerprint density at radius 1 is 1.28 bits per heavy atom. The van der Waals surface area contributed by atoms with Crippen LogP contribution in [0.2, 0.25) is 0 Å². The van der Waals surface area contributed by atoms with Crippen molar-refractivity contribution in [2.75, 3.05) is 31.2 Å². The number of anilines is 1. The summed E-state index contributed by atoms with van der Waals surface area (Å²) in [5.41, 5.74) is 7.34. The maximum Gasteiger partial charge on any atom is 0.292 e. The van der Waals surface area contributed by atoms with Crippen molar-refractivity contribution < 1.29 is 19.2 Å². The molecule has 9 nitrogen and oxygen atoms in total. The van der Waals surface area contributed by atoms with Gasteiger partial charge in [-0.3, -0.25) is 14.9 Å². The molecule has 1 saturated heterocycles. The van der Waals surface area contributed by atoms with Gasteiger partial charge in [0, 0.05) is 37.6 Å². The number of benzene rings is 1. The van der Waals surface area contributed by atoms with E-state index < -0.39 is 10.8 Å². The lowest BCUT2D eigenvalue weighted by Crippen LogP contribution is -2.36. The van der Waals surface area contributed by atoms with Crippen molar-refractivity contribution in [2.45, 2.75) is 25.2 Å². The molecule has 1 atom stereocenters. The monoisotopic (exact) mass is 396 g/mol. The fourth-order valence-corrected chi connectivity index (χ4v) is 4.13. The highest BCUT2D eigenvalue weighted by Crippen LogP contribution is 2.45. The number of nitriles is 1. The van der Waals surface area contributed by atoms with E-state index in [1.165, 1.54) is 6.07 Å². The molecule has 1 aliphatic carbocycles. The molecule has 3 aliphatic rings. The number of ketones is 1. The molecule has 2 N–H and O–H groups in total. The number of carbonyl (C=O) groups excluding carboxylic acids is 1. The average Bonchev–Trinajstić information content (AvgIpc) is 2.73. The highest BCUT2D eigenvalue weighted by atomic mass is 16.6. The predicted molar refractivity (Wildman–Crippen MR) is 103 cm³/mol. The third-order valence-electron chi connectivity index (χ3n) is 5.49. The maximum absolute atomic E-state index is 12.6. The molecule has 4 rings (SSSR count). The second-order valence-electron chi connectivity index (χ2n) is 7.14. The fraction of sp³-hybridized carbons (Fsp3) is 0.400. The van der Waals surface area contributed by atoms with Crippen LogP contribution in [0.1, 0.15) is 30.7 Å². The van der Waals surface area contributed by atoms with E-state index in [0.29, 0.717) is 68.1 Å². The molecule has 2 aliphatic heterocycles. The zero-order chi connectivity index (χ0) is 20.5. The van der Waals surface area contributed by atoms with E-state index in [4.69, 9.17) is 15.2 Å². The summed E-state index contributed by atoms with van der Waals surface area (Å²) in [6.07, 6.45) is 1.55. The molecule has 1 fully saturated rings. The van der Waals surface area contributed by atoms with Crippen molar-refractivity contribution in [3.05, 3.63) is 56.7 Å². The summed E-state index contributed by atoms with van der Waals surface area (Å²) >= 11 is 0. The summed E-state index contributed by atoms with van der Waals surface area (Å²) < 4.78 is 10.9. The van der Waals surface area contributed by atoms with E-state index in [0.717, 1.165) is 0 Å². The zero-order valence-corrected chi connectivity index (χ0v) is 15.7. The van der Waals surface area contributed by atoms with E-state index in [-0.39, 0.29) is 22.9 Å². The normalized spacial score (nSPS) is 22.1. The van der Waals surface area contributed by atoms with Crippen molar-refractivity contribution in [2.24, 2.45) is 5.73 Å². The number of nitro benzene ring substituents is 1. The SMILES string of the molecule is N#CC1=C(N)OC2=C(C(=O)CCC2)[C@H]1c1ccc(N2CCOCC2)c([N+](=O)[O-])c1. The molecule has 0 bridgehead atoms. The van der Waals surface area contributed by atoms with Gasteiger partial charge in [-0.1, -0.05) is 6.07 Å². The third-order valence-corrected chi connectivity index (χ3v) is 5.49. The fourth-order valence-electron chi connectivity index (χ4n) is 4.13. The molecule has 29 heavy (non-hydrogen) atoms. The molecule has 2 heterocycles. The minimum atomic E-state index is -0.756. The van der Waals surface area contributed by atoms with Crippen LogP contribution in [-0.2, 0) is 14.3 Å². The first-order valence-electron chi connectivity index (χ1n) is 9.46. The van der Waals surface area contributed by atoms with Gasteiger partial charge in [0.05, 0.1) is 24.1 Å². The van der Waals surface area contributed by atoms with Gasteiger partial charge in [-0.25, -0.2) is 0 Å². The van der Waals surface area contributed by atoms with Gasteiger partial charge in [-0.05, 0) is 18.1 Å². The minimum absolute atomic E-state index is 0.0501. The van der Waals surface area contributed by atoms with E-state index >= 15 is 0 Å². The smallest absolute Gasteiger partial charge is 0.292 e.